The summed E-state index contributed by atoms with van der Waals surface area (Å²) in [5.74, 6) is 0.549. The Kier molecular flexibility index (Phi) is 6.31. The second-order valence-corrected chi connectivity index (χ2v) is 9.74. The number of hydrogen-bond acceptors (Lipinski definition) is 5. The predicted octanol–water partition coefficient (Wildman–Crippen LogP) is 6.82. The molecule has 186 valence electrons. The van der Waals surface area contributed by atoms with E-state index in [9.17, 15) is 0 Å². The van der Waals surface area contributed by atoms with Crippen LogP contribution in [0.1, 0.15) is 37.7 Å². The van der Waals surface area contributed by atoms with Gasteiger partial charge in [0.1, 0.15) is 5.69 Å². The highest BCUT2D eigenvalue weighted by Gasteiger charge is 2.19. The van der Waals surface area contributed by atoms with E-state index in [0.29, 0.717) is 11.9 Å². The molecule has 0 amide bonds. The van der Waals surface area contributed by atoms with E-state index in [-0.39, 0.29) is 0 Å². The van der Waals surface area contributed by atoms with Crippen LogP contribution in [0.4, 0.5) is 11.4 Å². The Morgan fingerprint density at radius 1 is 0.919 bits per heavy atom. The van der Waals surface area contributed by atoms with E-state index in [1.54, 1.807) is 13.3 Å². The van der Waals surface area contributed by atoms with Crippen molar-refractivity contribution in [2.45, 2.75) is 45.1 Å². The molecule has 2 heterocycles. The molecule has 0 bridgehead atoms. The monoisotopic (exact) mass is 489 g/mol. The van der Waals surface area contributed by atoms with Gasteiger partial charge >= 0.3 is 0 Å². The first-order valence-electron chi connectivity index (χ1n) is 13.0. The summed E-state index contributed by atoms with van der Waals surface area (Å²) in [6.45, 7) is 2.11. The molecule has 1 N–H and O–H groups in total. The van der Waals surface area contributed by atoms with Gasteiger partial charge in [-0.3, -0.25) is 4.99 Å². The van der Waals surface area contributed by atoms with Crippen molar-refractivity contribution in [3.63, 3.8) is 0 Å². The predicted molar refractivity (Wildman–Crippen MR) is 149 cm³/mol. The topological polar surface area (TPSA) is 64.3 Å². The molecular weight excluding hydrogens is 458 g/mol. The number of aromatic nitrogens is 3. The minimum Gasteiger partial charge on any atom is -0.480 e. The Morgan fingerprint density at radius 2 is 1.73 bits per heavy atom. The normalized spacial score (nSPS) is 14.8. The molecule has 6 heteroatoms. The van der Waals surface area contributed by atoms with Gasteiger partial charge in [0.2, 0.25) is 5.88 Å². The molecule has 0 saturated heterocycles. The number of fused-ring (bicyclic) bond motifs is 2. The van der Waals surface area contributed by atoms with E-state index in [2.05, 4.69) is 76.4 Å². The molecule has 3 aliphatic rings. The zero-order valence-corrected chi connectivity index (χ0v) is 21.3. The summed E-state index contributed by atoms with van der Waals surface area (Å²) in [6, 6.07) is 25.5. The molecular formula is C31H31N5O. The maximum atomic E-state index is 5.52. The summed E-state index contributed by atoms with van der Waals surface area (Å²) in [7, 11) is 1.64. The average Bonchev–Trinajstić information content (AvgIpc) is 2.94. The third-order valence-corrected chi connectivity index (χ3v) is 7.12. The van der Waals surface area contributed by atoms with E-state index in [1.807, 2.05) is 18.2 Å². The highest BCUT2D eigenvalue weighted by Crippen LogP contribution is 2.32. The van der Waals surface area contributed by atoms with Gasteiger partial charge in [-0.25, -0.2) is 9.97 Å². The number of pyridine rings is 1. The second kappa shape index (κ2) is 10.1. The summed E-state index contributed by atoms with van der Waals surface area (Å²) < 4.78 is 7.81. The number of hydrogen-bond donors (Lipinski definition) is 1. The lowest BCUT2D eigenvalue weighted by Gasteiger charge is -2.22. The number of benzene rings is 3. The fourth-order valence-corrected chi connectivity index (χ4v) is 5.22. The molecule has 1 aliphatic heterocycles. The first-order chi connectivity index (χ1) is 18.2. The van der Waals surface area contributed by atoms with Gasteiger partial charge in [0.15, 0.2) is 0 Å². The lowest BCUT2D eigenvalue weighted by molar-refractivity contribution is 0.400. The van der Waals surface area contributed by atoms with Gasteiger partial charge in [0.05, 0.1) is 46.6 Å². The van der Waals surface area contributed by atoms with Crippen molar-refractivity contribution in [3.8, 4) is 23.0 Å². The summed E-state index contributed by atoms with van der Waals surface area (Å²) >= 11 is 0. The molecule has 1 fully saturated rings. The van der Waals surface area contributed by atoms with Crippen LogP contribution in [0.5, 0.6) is 5.88 Å². The maximum absolute atomic E-state index is 5.52. The number of nitrogens with one attached hydrogen (secondary N) is 1. The van der Waals surface area contributed by atoms with Crippen molar-refractivity contribution in [2.24, 2.45) is 4.99 Å². The van der Waals surface area contributed by atoms with E-state index < -0.39 is 0 Å². The van der Waals surface area contributed by atoms with Gasteiger partial charge in [0.25, 0.3) is 0 Å². The molecule has 1 saturated carbocycles. The van der Waals surface area contributed by atoms with Crippen molar-refractivity contribution in [1.29, 1.82) is 0 Å². The van der Waals surface area contributed by atoms with Crippen LogP contribution in [-0.2, 0) is 0 Å². The van der Waals surface area contributed by atoms with Crippen LogP contribution in [-0.4, -0.2) is 27.7 Å². The Hall–Kier alpha value is -4.19. The summed E-state index contributed by atoms with van der Waals surface area (Å²) in [6.07, 6.45) is 7.75. The molecule has 0 spiro atoms. The quantitative estimate of drug-likeness (QED) is 0.275. The third kappa shape index (κ3) is 4.67. The summed E-state index contributed by atoms with van der Waals surface area (Å²) in [5.41, 5.74) is 7.98. The number of ether oxygens (including phenoxy) is 1. The Morgan fingerprint density at radius 3 is 2.54 bits per heavy atom. The molecule has 2 aromatic carbocycles. The van der Waals surface area contributed by atoms with Gasteiger partial charge in [-0.2, -0.15) is 0 Å². The fourth-order valence-electron chi connectivity index (χ4n) is 5.22. The molecule has 0 radical (unpaired) electrons. The van der Waals surface area contributed by atoms with E-state index in [4.69, 9.17) is 14.7 Å². The van der Waals surface area contributed by atoms with Crippen LogP contribution < -0.4 is 15.4 Å². The van der Waals surface area contributed by atoms with Crippen molar-refractivity contribution in [1.82, 2.24) is 14.5 Å². The van der Waals surface area contributed by atoms with Crippen molar-refractivity contribution in [3.05, 3.63) is 89.9 Å². The third-order valence-electron chi connectivity index (χ3n) is 7.12. The van der Waals surface area contributed by atoms with Gasteiger partial charge in [-0.05, 0) is 68.3 Å². The van der Waals surface area contributed by atoms with Crippen LogP contribution in [0.25, 0.3) is 28.1 Å². The van der Waals surface area contributed by atoms with Gasteiger partial charge in [0, 0.05) is 11.9 Å². The molecule has 6 rings (SSSR count). The number of anilines is 2. The van der Waals surface area contributed by atoms with Crippen LogP contribution in [0.15, 0.2) is 84.0 Å². The number of nitrogens with zero attached hydrogens (tertiary/aromatic N) is 4. The van der Waals surface area contributed by atoms with Crippen molar-refractivity contribution >= 4 is 22.4 Å². The minimum absolute atomic E-state index is 0.323. The SMILES string of the molecule is COc1ncccc1Nc1cc2nc3ccccc3n(-c3ccc(C)cc3)c-2c/c1=N\C1CCCCC1. The summed E-state index contributed by atoms with van der Waals surface area (Å²) in [4.78, 5) is 14.7. The fraction of sp³-hybridized carbons (Fsp3) is 0.258. The minimum atomic E-state index is 0.323. The average molecular weight is 490 g/mol. The Bertz CT molecular complexity index is 1580. The van der Waals surface area contributed by atoms with Gasteiger partial charge < -0.3 is 14.6 Å². The molecule has 3 aromatic rings. The molecule has 0 atom stereocenters. The maximum Gasteiger partial charge on any atom is 0.237 e. The number of methoxy groups -OCH3 is 1. The van der Waals surface area contributed by atoms with E-state index in [1.165, 1.54) is 24.8 Å². The summed E-state index contributed by atoms with van der Waals surface area (Å²) in [5, 5.41) is 4.49. The van der Waals surface area contributed by atoms with Gasteiger partial charge in [-0.1, -0.05) is 49.1 Å². The molecule has 37 heavy (non-hydrogen) atoms. The second-order valence-electron chi connectivity index (χ2n) is 9.74. The molecule has 0 unspecified atom stereocenters. The van der Waals surface area contributed by atoms with Crippen molar-refractivity contribution < 1.29 is 4.74 Å². The molecule has 2 aliphatic carbocycles. The smallest absolute Gasteiger partial charge is 0.237 e. The number of rotatable bonds is 5. The molecule has 6 nitrogen and oxygen atoms in total. The van der Waals surface area contributed by atoms with E-state index >= 15 is 0 Å². The number of aryl methyl sites for hydroxylation is 1. The highest BCUT2D eigenvalue weighted by molar-refractivity contribution is 5.84. The standard InChI is InChI=1S/C31H31N5O/c1-21-14-16-23(17-15-21)36-29-13-7-6-11-24(29)34-28-19-26(35-25-12-8-18-32-31(25)37-2)27(20-30(28)36)33-22-9-4-3-5-10-22/h6-8,11-20,22,35H,3-5,9-10H2,1-2H3/b33-27+. The first kappa shape index (κ1) is 23.2. The lowest BCUT2D eigenvalue weighted by Crippen LogP contribution is -2.19. The Labute approximate surface area is 217 Å². The van der Waals surface area contributed by atoms with Crippen molar-refractivity contribution in [2.75, 3.05) is 12.4 Å². The number of para-hydroxylation sites is 2. The molecule has 1 aromatic heterocycles. The Balaban J connectivity index is 1.62. The first-order valence-corrected chi connectivity index (χ1v) is 13.0. The highest BCUT2D eigenvalue weighted by atomic mass is 16.5. The van der Waals surface area contributed by atoms with Gasteiger partial charge in [-0.15, -0.1) is 0 Å². The van der Waals surface area contributed by atoms with Crippen LogP contribution in [0.3, 0.4) is 0 Å². The zero-order chi connectivity index (χ0) is 25.2. The lowest BCUT2D eigenvalue weighted by atomic mass is 9.96. The largest absolute Gasteiger partial charge is 0.480 e. The van der Waals surface area contributed by atoms with E-state index in [0.717, 1.165) is 57.7 Å². The van der Waals surface area contributed by atoms with Crippen LogP contribution >= 0.6 is 0 Å². The van der Waals surface area contributed by atoms with Crippen LogP contribution in [0.2, 0.25) is 0 Å². The van der Waals surface area contributed by atoms with Crippen LogP contribution in [0, 0.1) is 6.92 Å². The zero-order valence-electron chi connectivity index (χ0n) is 21.3.